The summed E-state index contributed by atoms with van der Waals surface area (Å²) < 4.78 is 7.12. The first-order valence-electron chi connectivity index (χ1n) is 7.24. The third kappa shape index (κ3) is 2.81. The molecule has 7 nitrogen and oxygen atoms in total. The monoisotopic (exact) mass is 289 g/mol. The maximum atomic E-state index is 12.4. The molecule has 1 aliphatic rings. The molecule has 1 unspecified atom stereocenters. The lowest BCUT2D eigenvalue weighted by Gasteiger charge is -2.21. The van der Waals surface area contributed by atoms with Crippen LogP contribution in [0.3, 0.4) is 0 Å². The molecule has 21 heavy (non-hydrogen) atoms. The fourth-order valence-corrected chi connectivity index (χ4v) is 2.57. The van der Waals surface area contributed by atoms with Crippen molar-refractivity contribution in [3.63, 3.8) is 0 Å². The van der Waals surface area contributed by atoms with Crippen molar-refractivity contribution in [2.24, 2.45) is 0 Å². The maximum absolute atomic E-state index is 12.4. The smallest absolute Gasteiger partial charge is 0.249 e. The van der Waals surface area contributed by atoms with E-state index in [1.165, 1.54) is 0 Å². The molecule has 112 valence electrons. The number of nitrogens with zero attached hydrogens (tertiary/aromatic N) is 5. The van der Waals surface area contributed by atoms with Gasteiger partial charge in [-0.05, 0) is 12.8 Å². The lowest BCUT2D eigenvalue weighted by atomic mass is 10.2. The lowest BCUT2D eigenvalue weighted by molar-refractivity contribution is -0.133. The molecule has 0 aromatic carbocycles. The van der Waals surface area contributed by atoms with Crippen molar-refractivity contribution in [2.75, 3.05) is 6.54 Å². The Morgan fingerprint density at radius 2 is 2.38 bits per heavy atom. The van der Waals surface area contributed by atoms with Crippen LogP contribution in [0.15, 0.2) is 23.2 Å². The summed E-state index contributed by atoms with van der Waals surface area (Å²) in [5.74, 6) is 1.52. The maximum Gasteiger partial charge on any atom is 0.249 e. The highest BCUT2D eigenvalue weighted by Crippen LogP contribution is 2.31. The molecular weight excluding hydrogens is 270 g/mol. The summed E-state index contributed by atoms with van der Waals surface area (Å²) in [6, 6.07) is -0.0963. The van der Waals surface area contributed by atoms with E-state index < -0.39 is 0 Å². The summed E-state index contributed by atoms with van der Waals surface area (Å²) in [4.78, 5) is 22.6. The number of carbonyl (C=O) groups is 1. The number of amides is 1. The molecule has 1 saturated heterocycles. The molecule has 0 saturated carbocycles. The summed E-state index contributed by atoms with van der Waals surface area (Å²) in [7, 11) is 0. The minimum absolute atomic E-state index is 0.0554. The first kappa shape index (κ1) is 13.8. The van der Waals surface area contributed by atoms with Crippen molar-refractivity contribution >= 4 is 5.91 Å². The molecular formula is C14H19N5O2. The van der Waals surface area contributed by atoms with Crippen molar-refractivity contribution < 1.29 is 9.32 Å². The van der Waals surface area contributed by atoms with E-state index in [9.17, 15) is 4.79 Å². The number of imidazole rings is 1. The van der Waals surface area contributed by atoms with Gasteiger partial charge in [-0.3, -0.25) is 4.79 Å². The number of likely N-dealkylation sites (tertiary alicyclic amines) is 1. The van der Waals surface area contributed by atoms with Gasteiger partial charge in [-0.25, -0.2) is 4.98 Å². The SMILES string of the molecule is CC(C)c1noc(C2CCCN2C(=O)Cn2ccnc2)n1. The van der Waals surface area contributed by atoms with E-state index in [4.69, 9.17) is 4.52 Å². The Bertz CT molecular complexity index is 605. The van der Waals surface area contributed by atoms with Crippen LogP contribution in [0, 0.1) is 0 Å². The van der Waals surface area contributed by atoms with Crippen molar-refractivity contribution in [3.05, 3.63) is 30.4 Å². The molecule has 0 spiro atoms. The fraction of sp³-hybridized carbons (Fsp3) is 0.571. The first-order chi connectivity index (χ1) is 10.1. The predicted octanol–water partition coefficient (Wildman–Crippen LogP) is 1.75. The fourth-order valence-electron chi connectivity index (χ4n) is 2.57. The van der Waals surface area contributed by atoms with Gasteiger partial charge in [0.25, 0.3) is 0 Å². The van der Waals surface area contributed by atoms with Gasteiger partial charge in [-0.1, -0.05) is 19.0 Å². The summed E-state index contributed by atoms with van der Waals surface area (Å²) in [5, 5.41) is 3.99. The van der Waals surface area contributed by atoms with Gasteiger partial charge in [0.1, 0.15) is 12.6 Å². The summed E-state index contributed by atoms with van der Waals surface area (Å²) in [5.41, 5.74) is 0. The normalized spacial score (nSPS) is 18.6. The quantitative estimate of drug-likeness (QED) is 0.857. The topological polar surface area (TPSA) is 77.0 Å². The highest BCUT2D eigenvalue weighted by molar-refractivity contribution is 5.76. The van der Waals surface area contributed by atoms with Gasteiger partial charge < -0.3 is 14.0 Å². The summed E-state index contributed by atoms with van der Waals surface area (Å²) >= 11 is 0. The third-order valence-electron chi connectivity index (χ3n) is 3.71. The van der Waals surface area contributed by atoms with E-state index >= 15 is 0 Å². The Hall–Kier alpha value is -2.18. The standard InChI is InChI=1S/C14H19N5O2/c1-10(2)13-16-14(21-17-13)11-4-3-6-19(11)12(20)8-18-7-5-15-9-18/h5,7,9-11H,3-4,6,8H2,1-2H3. The third-order valence-corrected chi connectivity index (χ3v) is 3.71. The molecule has 1 aliphatic heterocycles. The van der Waals surface area contributed by atoms with Gasteiger partial charge in [0.05, 0.1) is 6.33 Å². The molecule has 1 atom stereocenters. The Morgan fingerprint density at radius 3 is 3.05 bits per heavy atom. The van der Waals surface area contributed by atoms with Crippen LogP contribution < -0.4 is 0 Å². The number of hydrogen-bond donors (Lipinski definition) is 0. The van der Waals surface area contributed by atoms with Crippen molar-refractivity contribution in [1.29, 1.82) is 0 Å². The van der Waals surface area contributed by atoms with Crippen LogP contribution in [-0.2, 0) is 11.3 Å². The van der Waals surface area contributed by atoms with Crippen LogP contribution in [0.25, 0.3) is 0 Å². The second-order valence-electron chi connectivity index (χ2n) is 5.63. The predicted molar refractivity (Wildman–Crippen MR) is 74.3 cm³/mol. The van der Waals surface area contributed by atoms with E-state index in [-0.39, 0.29) is 17.9 Å². The molecule has 0 aliphatic carbocycles. The highest BCUT2D eigenvalue weighted by atomic mass is 16.5. The zero-order valence-corrected chi connectivity index (χ0v) is 12.3. The molecule has 1 amide bonds. The van der Waals surface area contributed by atoms with Crippen LogP contribution >= 0.6 is 0 Å². The van der Waals surface area contributed by atoms with Gasteiger partial charge in [0.15, 0.2) is 5.82 Å². The minimum Gasteiger partial charge on any atom is -0.337 e. The molecule has 1 fully saturated rings. The zero-order valence-electron chi connectivity index (χ0n) is 12.3. The van der Waals surface area contributed by atoms with Crippen molar-refractivity contribution in [2.45, 2.75) is 45.2 Å². The molecule has 0 bridgehead atoms. The Kier molecular flexibility index (Phi) is 3.72. The molecule has 3 heterocycles. The van der Waals surface area contributed by atoms with E-state index in [1.54, 1.807) is 23.3 Å². The number of aromatic nitrogens is 4. The van der Waals surface area contributed by atoms with Crippen LogP contribution in [0.1, 0.15) is 50.4 Å². The highest BCUT2D eigenvalue weighted by Gasteiger charge is 2.34. The Balaban J connectivity index is 1.73. The van der Waals surface area contributed by atoms with Gasteiger partial charge in [0, 0.05) is 24.9 Å². The van der Waals surface area contributed by atoms with Crippen molar-refractivity contribution in [1.82, 2.24) is 24.6 Å². The van der Waals surface area contributed by atoms with E-state index in [1.807, 2.05) is 18.7 Å². The van der Waals surface area contributed by atoms with Gasteiger partial charge in [0.2, 0.25) is 11.8 Å². The molecule has 3 rings (SSSR count). The molecule has 7 heteroatoms. The molecule has 2 aromatic heterocycles. The Labute approximate surface area is 123 Å². The Morgan fingerprint density at radius 1 is 1.52 bits per heavy atom. The van der Waals surface area contributed by atoms with E-state index in [2.05, 4.69) is 15.1 Å². The van der Waals surface area contributed by atoms with Crippen LogP contribution in [0.4, 0.5) is 0 Å². The summed E-state index contributed by atoms with van der Waals surface area (Å²) in [6.45, 7) is 5.07. The summed E-state index contributed by atoms with van der Waals surface area (Å²) in [6.07, 6.45) is 6.93. The van der Waals surface area contributed by atoms with Gasteiger partial charge in [-0.15, -0.1) is 0 Å². The van der Waals surface area contributed by atoms with Gasteiger partial charge >= 0.3 is 0 Å². The molecule has 2 aromatic rings. The van der Waals surface area contributed by atoms with Crippen molar-refractivity contribution in [3.8, 4) is 0 Å². The second kappa shape index (κ2) is 5.67. The molecule has 0 N–H and O–H groups in total. The number of carbonyl (C=O) groups excluding carboxylic acids is 1. The van der Waals surface area contributed by atoms with E-state index in [0.29, 0.717) is 18.3 Å². The lowest BCUT2D eigenvalue weighted by Crippen LogP contribution is -2.33. The number of rotatable bonds is 4. The van der Waals surface area contributed by atoms with Crippen LogP contribution in [0.5, 0.6) is 0 Å². The zero-order chi connectivity index (χ0) is 14.8. The van der Waals surface area contributed by atoms with E-state index in [0.717, 1.165) is 19.4 Å². The minimum atomic E-state index is -0.0963. The van der Waals surface area contributed by atoms with Crippen LogP contribution in [0.2, 0.25) is 0 Å². The van der Waals surface area contributed by atoms with Gasteiger partial charge in [-0.2, -0.15) is 4.98 Å². The average molecular weight is 289 g/mol. The average Bonchev–Trinajstić information content (AvgIpc) is 3.19. The first-order valence-corrected chi connectivity index (χ1v) is 7.24. The number of hydrogen-bond acceptors (Lipinski definition) is 5. The molecule has 0 radical (unpaired) electrons. The van der Waals surface area contributed by atoms with Crippen LogP contribution in [-0.4, -0.2) is 37.0 Å². The largest absolute Gasteiger partial charge is 0.337 e. The second-order valence-corrected chi connectivity index (χ2v) is 5.63.